The van der Waals surface area contributed by atoms with Crippen LogP contribution in [0.3, 0.4) is 0 Å². The van der Waals surface area contributed by atoms with Crippen LogP contribution in [0, 0.1) is 0 Å². The van der Waals surface area contributed by atoms with Crippen LogP contribution in [0.2, 0.25) is 0 Å². The summed E-state index contributed by atoms with van der Waals surface area (Å²) in [5.74, 6) is 0. The first-order valence-electron chi connectivity index (χ1n) is 2.76. The topological polar surface area (TPSA) is 58.2 Å². The van der Waals surface area contributed by atoms with Crippen LogP contribution in [0.4, 0.5) is 0 Å². The van der Waals surface area contributed by atoms with Crippen molar-refractivity contribution in [2.45, 2.75) is 18.5 Å². The standard InChI is InChI=1S/C5H8N2O2.ClH/c8-3-6-5(1-2-5)7-4-9;/h3-4H,1-2H2,(H,6,8)(H,7,9);1H. The van der Waals surface area contributed by atoms with Crippen molar-refractivity contribution in [3.8, 4) is 0 Å². The van der Waals surface area contributed by atoms with E-state index in [2.05, 4.69) is 10.6 Å². The van der Waals surface area contributed by atoms with E-state index in [0.717, 1.165) is 12.8 Å². The maximum absolute atomic E-state index is 9.87. The lowest BCUT2D eigenvalue weighted by molar-refractivity contribution is -0.112. The normalized spacial score (nSPS) is 18.0. The van der Waals surface area contributed by atoms with E-state index in [1.165, 1.54) is 0 Å². The van der Waals surface area contributed by atoms with E-state index >= 15 is 0 Å². The molecule has 1 saturated carbocycles. The first-order chi connectivity index (χ1) is 4.33. The van der Waals surface area contributed by atoms with E-state index in [1.54, 1.807) is 0 Å². The van der Waals surface area contributed by atoms with Gasteiger partial charge in [-0.05, 0) is 12.8 Å². The number of amides is 2. The van der Waals surface area contributed by atoms with Crippen molar-refractivity contribution in [2.24, 2.45) is 0 Å². The minimum atomic E-state index is -0.385. The van der Waals surface area contributed by atoms with Crippen molar-refractivity contribution in [1.82, 2.24) is 10.6 Å². The fourth-order valence-electron chi connectivity index (χ4n) is 0.681. The zero-order valence-corrected chi connectivity index (χ0v) is 6.11. The van der Waals surface area contributed by atoms with Crippen molar-refractivity contribution in [2.75, 3.05) is 0 Å². The smallest absolute Gasteiger partial charge is 0.208 e. The summed E-state index contributed by atoms with van der Waals surface area (Å²) in [6, 6.07) is 0. The van der Waals surface area contributed by atoms with Gasteiger partial charge in [0.15, 0.2) is 0 Å². The Morgan fingerprint density at radius 1 is 1.10 bits per heavy atom. The number of hydrogen-bond donors (Lipinski definition) is 2. The average Bonchev–Trinajstić information content (AvgIpc) is 2.51. The minimum Gasteiger partial charge on any atom is -0.336 e. The molecule has 1 fully saturated rings. The third-order valence-electron chi connectivity index (χ3n) is 1.42. The van der Waals surface area contributed by atoms with Gasteiger partial charge in [0, 0.05) is 0 Å². The second-order valence-corrected chi connectivity index (χ2v) is 2.11. The molecular weight excluding hydrogens is 156 g/mol. The molecule has 0 unspecified atom stereocenters. The quantitative estimate of drug-likeness (QED) is 0.430. The second-order valence-electron chi connectivity index (χ2n) is 2.11. The minimum absolute atomic E-state index is 0. The summed E-state index contributed by atoms with van der Waals surface area (Å²) >= 11 is 0. The molecule has 1 rings (SSSR count). The van der Waals surface area contributed by atoms with Crippen molar-refractivity contribution < 1.29 is 9.59 Å². The molecule has 2 N–H and O–H groups in total. The molecule has 0 bridgehead atoms. The molecule has 0 spiro atoms. The maximum Gasteiger partial charge on any atom is 0.208 e. The lowest BCUT2D eigenvalue weighted by atomic mass is 10.5. The molecule has 4 nitrogen and oxygen atoms in total. The lowest BCUT2D eigenvalue weighted by Crippen LogP contribution is -2.43. The molecule has 0 radical (unpaired) electrons. The highest BCUT2D eigenvalue weighted by molar-refractivity contribution is 5.85. The van der Waals surface area contributed by atoms with Gasteiger partial charge in [-0.2, -0.15) is 0 Å². The zero-order valence-electron chi connectivity index (χ0n) is 5.29. The monoisotopic (exact) mass is 164 g/mol. The van der Waals surface area contributed by atoms with Gasteiger partial charge < -0.3 is 10.6 Å². The van der Waals surface area contributed by atoms with Crippen molar-refractivity contribution in [1.29, 1.82) is 0 Å². The molecule has 5 heteroatoms. The van der Waals surface area contributed by atoms with Crippen LogP contribution in [0.25, 0.3) is 0 Å². The molecular formula is C5H9ClN2O2. The molecule has 10 heavy (non-hydrogen) atoms. The Bertz CT molecular complexity index is 124. The van der Waals surface area contributed by atoms with Crippen LogP contribution in [-0.2, 0) is 9.59 Å². The molecule has 0 aromatic carbocycles. The van der Waals surface area contributed by atoms with Gasteiger partial charge >= 0.3 is 0 Å². The molecule has 0 heterocycles. The molecule has 0 saturated heterocycles. The number of nitrogens with one attached hydrogen (secondary N) is 2. The van der Waals surface area contributed by atoms with E-state index < -0.39 is 0 Å². The Balaban J connectivity index is 0.000000810. The van der Waals surface area contributed by atoms with Gasteiger partial charge in [0.2, 0.25) is 12.8 Å². The maximum atomic E-state index is 9.87. The van der Waals surface area contributed by atoms with E-state index in [4.69, 9.17) is 0 Å². The SMILES string of the molecule is Cl.O=CNC1(NC=O)CC1. The zero-order chi connectivity index (χ0) is 6.74. The predicted octanol–water partition coefficient (Wildman–Crippen LogP) is -0.610. The van der Waals surface area contributed by atoms with Gasteiger partial charge in [0.1, 0.15) is 5.66 Å². The summed E-state index contributed by atoms with van der Waals surface area (Å²) in [6.45, 7) is 0. The van der Waals surface area contributed by atoms with Gasteiger partial charge in [-0.15, -0.1) is 12.4 Å². The van der Waals surface area contributed by atoms with E-state index in [-0.39, 0.29) is 18.1 Å². The first-order valence-corrected chi connectivity index (χ1v) is 2.76. The van der Waals surface area contributed by atoms with Crippen molar-refractivity contribution >= 4 is 25.2 Å². The number of carbonyl (C=O) groups is 2. The molecule has 0 aromatic heterocycles. The molecule has 2 amide bonds. The van der Waals surface area contributed by atoms with Gasteiger partial charge in [0.25, 0.3) is 0 Å². The summed E-state index contributed by atoms with van der Waals surface area (Å²) in [5.41, 5.74) is -0.385. The lowest BCUT2D eigenvalue weighted by Gasteiger charge is -2.10. The Hall–Kier alpha value is -0.770. The third-order valence-corrected chi connectivity index (χ3v) is 1.42. The van der Waals surface area contributed by atoms with E-state index in [9.17, 15) is 9.59 Å². The van der Waals surface area contributed by atoms with Gasteiger partial charge in [-0.3, -0.25) is 9.59 Å². The predicted molar refractivity (Wildman–Crippen MR) is 37.6 cm³/mol. The van der Waals surface area contributed by atoms with Crippen LogP contribution in [0.15, 0.2) is 0 Å². The largest absolute Gasteiger partial charge is 0.336 e. The summed E-state index contributed by atoms with van der Waals surface area (Å²) < 4.78 is 0. The highest BCUT2D eigenvalue weighted by atomic mass is 35.5. The fourth-order valence-corrected chi connectivity index (χ4v) is 0.681. The number of rotatable bonds is 4. The summed E-state index contributed by atoms with van der Waals surface area (Å²) in [4.78, 5) is 19.7. The molecule has 0 atom stereocenters. The fraction of sp³-hybridized carbons (Fsp3) is 0.600. The number of carbonyl (C=O) groups excluding carboxylic acids is 2. The van der Waals surface area contributed by atoms with Crippen LogP contribution in [0.5, 0.6) is 0 Å². The van der Waals surface area contributed by atoms with Crippen LogP contribution in [0.1, 0.15) is 12.8 Å². The number of hydrogen-bond acceptors (Lipinski definition) is 2. The third kappa shape index (κ3) is 1.88. The molecule has 0 aromatic rings. The van der Waals surface area contributed by atoms with Gasteiger partial charge in [-0.1, -0.05) is 0 Å². The van der Waals surface area contributed by atoms with Gasteiger partial charge in [-0.25, -0.2) is 0 Å². The number of halogens is 1. The Labute approximate surface area is 64.8 Å². The first kappa shape index (κ1) is 9.23. The second kappa shape index (κ2) is 3.41. The Kier molecular flexibility index (Phi) is 3.15. The molecule has 58 valence electrons. The van der Waals surface area contributed by atoms with Crippen molar-refractivity contribution in [3.63, 3.8) is 0 Å². The van der Waals surface area contributed by atoms with Crippen LogP contribution in [-0.4, -0.2) is 18.5 Å². The molecule has 1 aliphatic rings. The van der Waals surface area contributed by atoms with Crippen LogP contribution >= 0.6 is 12.4 Å². The Morgan fingerprint density at radius 2 is 1.50 bits per heavy atom. The van der Waals surface area contributed by atoms with Gasteiger partial charge in [0.05, 0.1) is 0 Å². The van der Waals surface area contributed by atoms with Crippen molar-refractivity contribution in [3.05, 3.63) is 0 Å². The van der Waals surface area contributed by atoms with E-state index in [1.807, 2.05) is 0 Å². The van der Waals surface area contributed by atoms with Crippen LogP contribution < -0.4 is 10.6 Å². The highest BCUT2D eigenvalue weighted by Gasteiger charge is 2.41. The summed E-state index contributed by atoms with van der Waals surface area (Å²) in [7, 11) is 0. The summed E-state index contributed by atoms with van der Waals surface area (Å²) in [5, 5.41) is 5.02. The highest BCUT2D eigenvalue weighted by Crippen LogP contribution is 2.30. The van der Waals surface area contributed by atoms with E-state index in [0.29, 0.717) is 12.8 Å². The molecule has 0 aliphatic heterocycles. The Morgan fingerprint density at radius 3 is 1.70 bits per heavy atom. The molecule has 1 aliphatic carbocycles. The summed E-state index contributed by atoms with van der Waals surface area (Å²) in [6.07, 6.45) is 2.88. The average molecular weight is 165 g/mol.